The molecule has 0 radical (unpaired) electrons. The standard InChI is InChI=1S/C23H39N5O.HI/c1-6-18-8-10-20(11-9-18)21(27(4)5)17-26-23(25-7-2)28-14-12-19(13-15-28)16-22(29)24-3;/h8-11,19,21H,6-7,12-17H2,1-5H3,(H,24,29)(H,25,26);1H. The largest absolute Gasteiger partial charge is 0.359 e. The van der Waals surface area contributed by atoms with Crippen LogP contribution in [-0.2, 0) is 11.2 Å². The molecule has 0 aromatic heterocycles. The van der Waals surface area contributed by atoms with Crippen molar-refractivity contribution in [1.29, 1.82) is 0 Å². The molecule has 1 heterocycles. The molecular weight excluding hydrogens is 489 g/mol. The Morgan fingerprint density at radius 2 is 1.83 bits per heavy atom. The minimum absolute atomic E-state index is 0. The Morgan fingerprint density at radius 3 is 2.33 bits per heavy atom. The van der Waals surface area contributed by atoms with E-state index in [1.54, 1.807) is 7.05 Å². The molecule has 0 saturated carbocycles. The number of aliphatic imine (C=N–C) groups is 1. The third-order valence-corrected chi connectivity index (χ3v) is 5.81. The third-order valence-electron chi connectivity index (χ3n) is 5.81. The van der Waals surface area contributed by atoms with Gasteiger partial charge in [0.05, 0.1) is 12.6 Å². The molecule has 1 saturated heterocycles. The van der Waals surface area contributed by atoms with Crippen LogP contribution in [0.3, 0.4) is 0 Å². The van der Waals surface area contributed by atoms with Crippen molar-refractivity contribution in [1.82, 2.24) is 20.4 Å². The van der Waals surface area contributed by atoms with Crippen LogP contribution in [0.2, 0.25) is 0 Å². The first-order valence-electron chi connectivity index (χ1n) is 11.0. The number of nitrogens with zero attached hydrogens (tertiary/aromatic N) is 3. The molecule has 170 valence electrons. The van der Waals surface area contributed by atoms with E-state index in [1.165, 1.54) is 11.1 Å². The molecule has 7 heteroatoms. The number of guanidine groups is 1. The molecule has 0 bridgehead atoms. The lowest BCUT2D eigenvalue weighted by atomic mass is 9.93. The van der Waals surface area contributed by atoms with Crippen molar-refractivity contribution in [3.05, 3.63) is 35.4 Å². The SMILES string of the molecule is CCNC(=NCC(c1ccc(CC)cc1)N(C)C)N1CCC(CC(=O)NC)CC1.I. The molecule has 0 aliphatic carbocycles. The van der Waals surface area contributed by atoms with E-state index in [9.17, 15) is 4.79 Å². The molecule has 1 aliphatic rings. The first kappa shape index (κ1) is 26.7. The van der Waals surface area contributed by atoms with Gasteiger partial charge >= 0.3 is 0 Å². The molecule has 1 atom stereocenters. The number of amides is 1. The quantitative estimate of drug-likeness (QED) is 0.309. The van der Waals surface area contributed by atoms with Gasteiger partial charge in [-0.2, -0.15) is 0 Å². The summed E-state index contributed by atoms with van der Waals surface area (Å²) in [5, 5.41) is 6.20. The second-order valence-corrected chi connectivity index (χ2v) is 8.08. The molecular formula is C23H40IN5O. The van der Waals surface area contributed by atoms with Gasteiger partial charge in [-0.05, 0) is 57.3 Å². The highest BCUT2D eigenvalue weighted by Gasteiger charge is 2.23. The highest BCUT2D eigenvalue weighted by atomic mass is 127. The maximum absolute atomic E-state index is 11.6. The second-order valence-electron chi connectivity index (χ2n) is 8.08. The summed E-state index contributed by atoms with van der Waals surface area (Å²) in [6.45, 7) is 7.77. The van der Waals surface area contributed by atoms with E-state index >= 15 is 0 Å². The second kappa shape index (κ2) is 13.9. The van der Waals surface area contributed by atoms with E-state index in [4.69, 9.17) is 4.99 Å². The topological polar surface area (TPSA) is 60.0 Å². The minimum Gasteiger partial charge on any atom is -0.359 e. The zero-order chi connectivity index (χ0) is 21.2. The summed E-state index contributed by atoms with van der Waals surface area (Å²) < 4.78 is 0. The molecule has 1 aliphatic heterocycles. The number of aryl methyl sites for hydroxylation is 1. The molecule has 1 fully saturated rings. The Morgan fingerprint density at radius 1 is 1.20 bits per heavy atom. The fraction of sp³-hybridized carbons (Fsp3) is 0.652. The summed E-state index contributed by atoms with van der Waals surface area (Å²) in [7, 11) is 5.95. The van der Waals surface area contributed by atoms with Crippen LogP contribution in [0.4, 0.5) is 0 Å². The average Bonchev–Trinajstić information content (AvgIpc) is 2.74. The van der Waals surface area contributed by atoms with Crippen LogP contribution in [0.1, 0.15) is 50.3 Å². The summed E-state index contributed by atoms with van der Waals surface area (Å²) in [6, 6.07) is 9.16. The van der Waals surface area contributed by atoms with E-state index in [0.717, 1.165) is 51.4 Å². The number of benzene rings is 1. The van der Waals surface area contributed by atoms with Gasteiger partial charge in [0.15, 0.2) is 5.96 Å². The first-order valence-corrected chi connectivity index (χ1v) is 11.0. The number of rotatable bonds is 8. The van der Waals surface area contributed by atoms with E-state index in [2.05, 4.69) is 72.6 Å². The summed E-state index contributed by atoms with van der Waals surface area (Å²) in [5.41, 5.74) is 2.67. The van der Waals surface area contributed by atoms with E-state index in [1.807, 2.05) is 0 Å². The number of piperidine rings is 1. The van der Waals surface area contributed by atoms with E-state index in [-0.39, 0.29) is 35.9 Å². The Bertz CT molecular complexity index is 654. The summed E-state index contributed by atoms with van der Waals surface area (Å²) in [4.78, 5) is 21.2. The Hall–Kier alpha value is -1.35. The van der Waals surface area contributed by atoms with Crippen molar-refractivity contribution < 1.29 is 4.79 Å². The smallest absolute Gasteiger partial charge is 0.220 e. The molecule has 1 aromatic carbocycles. The lowest BCUT2D eigenvalue weighted by Crippen LogP contribution is -2.46. The van der Waals surface area contributed by atoms with Crippen LogP contribution < -0.4 is 10.6 Å². The molecule has 1 unspecified atom stereocenters. The van der Waals surface area contributed by atoms with Gasteiger partial charge in [-0.3, -0.25) is 9.79 Å². The van der Waals surface area contributed by atoms with Crippen molar-refractivity contribution in [3.63, 3.8) is 0 Å². The number of halogens is 1. The van der Waals surface area contributed by atoms with Gasteiger partial charge in [0.1, 0.15) is 0 Å². The van der Waals surface area contributed by atoms with Gasteiger partial charge in [0, 0.05) is 33.1 Å². The van der Waals surface area contributed by atoms with Gasteiger partial charge in [-0.25, -0.2) is 0 Å². The Balaban J connectivity index is 0.00000450. The van der Waals surface area contributed by atoms with Gasteiger partial charge in [-0.15, -0.1) is 24.0 Å². The fourth-order valence-corrected chi connectivity index (χ4v) is 3.85. The monoisotopic (exact) mass is 529 g/mol. The number of hydrogen-bond acceptors (Lipinski definition) is 3. The zero-order valence-corrected chi connectivity index (χ0v) is 21.6. The van der Waals surface area contributed by atoms with Gasteiger partial charge in [0.25, 0.3) is 0 Å². The van der Waals surface area contributed by atoms with Crippen LogP contribution in [-0.4, -0.2) is 69.0 Å². The highest BCUT2D eigenvalue weighted by molar-refractivity contribution is 14.0. The predicted molar refractivity (Wildman–Crippen MR) is 137 cm³/mol. The van der Waals surface area contributed by atoms with Crippen LogP contribution in [0.15, 0.2) is 29.3 Å². The van der Waals surface area contributed by atoms with Crippen LogP contribution >= 0.6 is 24.0 Å². The van der Waals surface area contributed by atoms with Crippen molar-refractivity contribution in [2.45, 2.75) is 45.6 Å². The van der Waals surface area contributed by atoms with Gasteiger partial charge in [-0.1, -0.05) is 31.2 Å². The number of carbonyl (C=O) groups excluding carboxylic acids is 1. The zero-order valence-electron chi connectivity index (χ0n) is 19.3. The number of likely N-dealkylation sites (N-methyl/N-ethyl adjacent to an activating group) is 1. The van der Waals surface area contributed by atoms with Gasteiger partial charge < -0.3 is 20.4 Å². The van der Waals surface area contributed by atoms with Gasteiger partial charge in [0.2, 0.25) is 5.91 Å². The lowest BCUT2D eigenvalue weighted by Gasteiger charge is -2.34. The van der Waals surface area contributed by atoms with E-state index in [0.29, 0.717) is 12.3 Å². The normalized spacial score (nSPS) is 16.2. The Kier molecular flexibility index (Phi) is 12.3. The number of carbonyl (C=O) groups is 1. The Labute approximate surface area is 199 Å². The summed E-state index contributed by atoms with van der Waals surface area (Å²) >= 11 is 0. The lowest BCUT2D eigenvalue weighted by molar-refractivity contribution is -0.121. The summed E-state index contributed by atoms with van der Waals surface area (Å²) in [6.07, 6.45) is 3.76. The number of likely N-dealkylation sites (tertiary alicyclic amines) is 1. The van der Waals surface area contributed by atoms with Crippen molar-refractivity contribution >= 4 is 35.8 Å². The van der Waals surface area contributed by atoms with Crippen molar-refractivity contribution in [2.24, 2.45) is 10.9 Å². The fourth-order valence-electron chi connectivity index (χ4n) is 3.85. The van der Waals surface area contributed by atoms with E-state index < -0.39 is 0 Å². The molecule has 2 rings (SSSR count). The van der Waals surface area contributed by atoms with Crippen LogP contribution in [0, 0.1) is 5.92 Å². The number of nitrogens with one attached hydrogen (secondary N) is 2. The average molecular weight is 530 g/mol. The maximum atomic E-state index is 11.6. The molecule has 1 amide bonds. The number of hydrogen-bond donors (Lipinski definition) is 2. The van der Waals surface area contributed by atoms with Crippen molar-refractivity contribution in [2.75, 3.05) is 47.3 Å². The first-order chi connectivity index (χ1) is 14.0. The minimum atomic E-state index is 0. The van der Waals surface area contributed by atoms with Crippen molar-refractivity contribution in [3.8, 4) is 0 Å². The maximum Gasteiger partial charge on any atom is 0.220 e. The highest BCUT2D eigenvalue weighted by Crippen LogP contribution is 2.22. The molecule has 0 spiro atoms. The summed E-state index contributed by atoms with van der Waals surface area (Å²) in [5.74, 6) is 1.61. The molecule has 6 nitrogen and oxygen atoms in total. The molecule has 2 N–H and O–H groups in total. The van der Waals surface area contributed by atoms with Crippen LogP contribution in [0.5, 0.6) is 0 Å². The molecule has 30 heavy (non-hydrogen) atoms. The molecule has 1 aromatic rings. The van der Waals surface area contributed by atoms with Crippen LogP contribution in [0.25, 0.3) is 0 Å². The third kappa shape index (κ3) is 8.06. The predicted octanol–water partition coefficient (Wildman–Crippen LogP) is 3.28.